The van der Waals surface area contributed by atoms with E-state index in [1.807, 2.05) is 0 Å². The lowest BCUT2D eigenvalue weighted by Crippen LogP contribution is -2.45. The van der Waals surface area contributed by atoms with Gasteiger partial charge in [-0.05, 0) is 36.8 Å². The second-order valence-electron chi connectivity index (χ2n) is 6.87. The van der Waals surface area contributed by atoms with Crippen LogP contribution in [0.4, 0.5) is 13.2 Å². The molecule has 1 aromatic carbocycles. The molecule has 0 spiro atoms. The average Bonchev–Trinajstić information content (AvgIpc) is 2.78. The highest BCUT2D eigenvalue weighted by Crippen LogP contribution is 2.43. The number of hydrogen-bond donors (Lipinski definition) is 1. The number of carbonyl (C=O) groups is 1. The van der Waals surface area contributed by atoms with E-state index in [0.29, 0.717) is 11.3 Å². The van der Waals surface area contributed by atoms with Gasteiger partial charge in [0.15, 0.2) is 11.3 Å². The van der Waals surface area contributed by atoms with Crippen molar-refractivity contribution in [2.45, 2.75) is 24.8 Å². The molecule has 3 rings (SSSR count). The standard InChI is InChI=1S/C20H20F3N3O3/c1-19(20(22,23)11-29-10-18(24)26-19)14-7-12(3-5-15(14)21)8-17(27)16-6-4-13(28-2)9-25-16/h3-7,9H,8,10-11H2,1-2H3,(H2,24,26)/t19-/m1/s1. The van der Waals surface area contributed by atoms with E-state index in [1.165, 1.54) is 31.5 Å². The number of ether oxygens (including phenoxy) is 2. The summed E-state index contributed by atoms with van der Waals surface area (Å²) in [4.78, 5) is 20.4. The van der Waals surface area contributed by atoms with Crippen LogP contribution in [0.3, 0.4) is 0 Å². The molecule has 6 nitrogen and oxygen atoms in total. The van der Waals surface area contributed by atoms with E-state index in [4.69, 9.17) is 15.2 Å². The Balaban J connectivity index is 1.95. The molecule has 2 heterocycles. The van der Waals surface area contributed by atoms with Gasteiger partial charge < -0.3 is 15.2 Å². The summed E-state index contributed by atoms with van der Waals surface area (Å²) in [5, 5.41) is 0. The number of nitrogens with two attached hydrogens (primary N) is 1. The number of ketones is 1. The SMILES string of the molecule is COc1ccc(C(=O)Cc2ccc(F)c([C@@]3(C)N=C(N)COCC3(F)F)c2)nc1. The van der Waals surface area contributed by atoms with E-state index < -0.39 is 23.9 Å². The number of amidine groups is 1. The van der Waals surface area contributed by atoms with Crippen LogP contribution >= 0.6 is 0 Å². The number of rotatable bonds is 5. The lowest BCUT2D eigenvalue weighted by atomic mass is 9.84. The Morgan fingerprint density at radius 1 is 1.31 bits per heavy atom. The van der Waals surface area contributed by atoms with Crippen molar-refractivity contribution in [1.29, 1.82) is 0 Å². The van der Waals surface area contributed by atoms with E-state index in [-0.39, 0.29) is 35.9 Å². The Labute approximate surface area is 165 Å². The van der Waals surface area contributed by atoms with Crippen molar-refractivity contribution in [3.8, 4) is 5.75 Å². The molecule has 29 heavy (non-hydrogen) atoms. The summed E-state index contributed by atoms with van der Waals surface area (Å²) >= 11 is 0. The first-order valence-electron chi connectivity index (χ1n) is 8.78. The molecular formula is C20H20F3N3O3. The van der Waals surface area contributed by atoms with Gasteiger partial charge in [0.25, 0.3) is 5.92 Å². The van der Waals surface area contributed by atoms with Crippen molar-refractivity contribution < 1.29 is 27.4 Å². The lowest BCUT2D eigenvalue weighted by molar-refractivity contribution is -0.116. The second-order valence-corrected chi connectivity index (χ2v) is 6.87. The first-order chi connectivity index (χ1) is 13.7. The van der Waals surface area contributed by atoms with Crippen LogP contribution in [0.25, 0.3) is 0 Å². The fourth-order valence-corrected chi connectivity index (χ4v) is 3.08. The van der Waals surface area contributed by atoms with Crippen LogP contribution in [0, 0.1) is 5.82 Å². The van der Waals surface area contributed by atoms with Crippen molar-refractivity contribution in [1.82, 2.24) is 4.98 Å². The molecule has 0 bridgehead atoms. The fourth-order valence-electron chi connectivity index (χ4n) is 3.08. The number of aliphatic imine (C=N–C) groups is 1. The summed E-state index contributed by atoms with van der Waals surface area (Å²) in [6.07, 6.45) is 1.25. The summed E-state index contributed by atoms with van der Waals surface area (Å²) in [6.45, 7) is -0.121. The number of hydrogen-bond acceptors (Lipinski definition) is 6. The molecule has 0 amide bonds. The smallest absolute Gasteiger partial charge is 0.299 e. The fraction of sp³-hybridized carbons (Fsp3) is 0.350. The van der Waals surface area contributed by atoms with E-state index >= 15 is 0 Å². The summed E-state index contributed by atoms with van der Waals surface area (Å²) in [5.41, 5.74) is 3.53. The van der Waals surface area contributed by atoms with E-state index in [2.05, 4.69) is 9.98 Å². The molecule has 1 atom stereocenters. The molecule has 9 heteroatoms. The zero-order valence-electron chi connectivity index (χ0n) is 15.9. The largest absolute Gasteiger partial charge is 0.495 e. The summed E-state index contributed by atoms with van der Waals surface area (Å²) in [7, 11) is 1.47. The molecular weight excluding hydrogens is 387 g/mol. The van der Waals surface area contributed by atoms with Gasteiger partial charge in [0, 0.05) is 12.0 Å². The number of carbonyl (C=O) groups excluding carboxylic acids is 1. The molecule has 0 fully saturated rings. The van der Waals surface area contributed by atoms with Crippen molar-refractivity contribution in [3.63, 3.8) is 0 Å². The zero-order chi connectivity index (χ0) is 21.2. The number of benzene rings is 1. The summed E-state index contributed by atoms with van der Waals surface area (Å²) in [6, 6.07) is 6.70. The number of aromatic nitrogens is 1. The van der Waals surface area contributed by atoms with Crippen molar-refractivity contribution >= 4 is 11.6 Å². The molecule has 0 unspecified atom stereocenters. The Hall–Kier alpha value is -2.94. The van der Waals surface area contributed by atoms with Crippen LogP contribution < -0.4 is 10.5 Å². The summed E-state index contributed by atoms with van der Waals surface area (Å²) < 4.78 is 53.9. The van der Waals surface area contributed by atoms with Gasteiger partial charge in [-0.15, -0.1) is 0 Å². The van der Waals surface area contributed by atoms with Gasteiger partial charge in [0.05, 0.1) is 13.3 Å². The van der Waals surface area contributed by atoms with Gasteiger partial charge >= 0.3 is 0 Å². The third-order valence-electron chi connectivity index (χ3n) is 4.79. The molecule has 0 saturated carbocycles. The number of Topliss-reactive ketones (excluding diaryl/α,β-unsaturated/α-hetero) is 1. The van der Waals surface area contributed by atoms with Gasteiger partial charge in [0.2, 0.25) is 0 Å². The quantitative estimate of drug-likeness (QED) is 0.771. The third kappa shape index (κ3) is 4.09. The molecule has 1 aromatic heterocycles. The van der Waals surface area contributed by atoms with Crippen molar-refractivity contribution in [2.75, 3.05) is 20.3 Å². The maximum absolute atomic E-state index is 14.7. The maximum Gasteiger partial charge on any atom is 0.299 e. The lowest BCUT2D eigenvalue weighted by Gasteiger charge is -2.33. The van der Waals surface area contributed by atoms with Crippen LogP contribution in [0.1, 0.15) is 28.5 Å². The van der Waals surface area contributed by atoms with Crippen molar-refractivity contribution in [3.05, 3.63) is 59.2 Å². The van der Waals surface area contributed by atoms with E-state index in [9.17, 15) is 18.0 Å². The monoisotopic (exact) mass is 407 g/mol. The summed E-state index contributed by atoms with van der Waals surface area (Å²) in [5.74, 6) is -4.40. The Morgan fingerprint density at radius 2 is 2.07 bits per heavy atom. The second kappa shape index (κ2) is 7.82. The minimum Gasteiger partial charge on any atom is -0.495 e. The number of halogens is 3. The van der Waals surface area contributed by atoms with Crippen LogP contribution in [-0.2, 0) is 16.7 Å². The number of pyridine rings is 1. The van der Waals surface area contributed by atoms with Gasteiger partial charge in [-0.3, -0.25) is 9.79 Å². The predicted molar refractivity (Wildman–Crippen MR) is 100.0 cm³/mol. The minimum absolute atomic E-state index is 0.149. The average molecular weight is 407 g/mol. The number of methoxy groups -OCH3 is 1. The maximum atomic E-state index is 14.7. The van der Waals surface area contributed by atoms with Crippen LogP contribution in [0.5, 0.6) is 5.75 Å². The Bertz CT molecular complexity index is 948. The topological polar surface area (TPSA) is 86.8 Å². The highest BCUT2D eigenvalue weighted by molar-refractivity contribution is 5.95. The molecule has 1 aliphatic rings. The Kier molecular flexibility index (Phi) is 5.61. The van der Waals surface area contributed by atoms with Crippen molar-refractivity contribution in [2.24, 2.45) is 10.7 Å². The van der Waals surface area contributed by atoms with Gasteiger partial charge in [0.1, 0.15) is 36.3 Å². The zero-order valence-corrected chi connectivity index (χ0v) is 15.9. The molecule has 2 aromatic rings. The van der Waals surface area contributed by atoms with E-state index in [1.54, 1.807) is 6.07 Å². The number of nitrogens with zero attached hydrogens (tertiary/aromatic N) is 2. The Morgan fingerprint density at radius 3 is 2.72 bits per heavy atom. The van der Waals surface area contributed by atoms with Crippen LogP contribution in [0.15, 0.2) is 41.5 Å². The third-order valence-corrected chi connectivity index (χ3v) is 4.79. The molecule has 0 radical (unpaired) electrons. The highest BCUT2D eigenvalue weighted by Gasteiger charge is 2.54. The molecule has 154 valence electrons. The number of alkyl halides is 2. The van der Waals surface area contributed by atoms with Crippen LogP contribution in [0.2, 0.25) is 0 Å². The van der Waals surface area contributed by atoms with Gasteiger partial charge in [-0.1, -0.05) is 6.07 Å². The normalized spacial score (nSPS) is 21.2. The predicted octanol–water partition coefficient (Wildman–Crippen LogP) is 2.89. The highest BCUT2D eigenvalue weighted by atomic mass is 19.3. The first kappa shape index (κ1) is 20.8. The molecule has 2 N–H and O–H groups in total. The van der Waals surface area contributed by atoms with Crippen LogP contribution in [-0.4, -0.2) is 42.8 Å². The first-order valence-corrected chi connectivity index (χ1v) is 8.78. The van der Waals surface area contributed by atoms with Gasteiger partial charge in [-0.2, -0.15) is 0 Å². The minimum atomic E-state index is -3.50. The molecule has 0 saturated heterocycles. The van der Waals surface area contributed by atoms with E-state index in [0.717, 1.165) is 13.0 Å². The van der Waals surface area contributed by atoms with Gasteiger partial charge in [-0.25, -0.2) is 18.2 Å². The molecule has 0 aliphatic carbocycles. The molecule has 1 aliphatic heterocycles.